The molecular formula is C66H106O6. The van der Waals surface area contributed by atoms with Crippen LogP contribution in [0.1, 0.15) is 245 Å². The molecular weight excluding hydrogens is 889 g/mol. The van der Waals surface area contributed by atoms with Crippen LogP contribution in [0.3, 0.4) is 0 Å². The number of hydrogen-bond acceptors (Lipinski definition) is 6. The minimum atomic E-state index is -0.832. The van der Waals surface area contributed by atoms with Gasteiger partial charge in [-0.15, -0.1) is 0 Å². The van der Waals surface area contributed by atoms with Crippen molar-refractivity contribution in [2.24, 2.45) is 0 Å². The van der Waals surface area contributed by atoms with Gasteiger partial charge in [0.05, 0.1) is 6.42 Å². The van der Waals surface area contributed by atoms with Crippen molar-refractivity contribution < 1.29 is 28.6 Å². The third-order valence-corrected chi connectivity index (χ3v) is 11.9. The van der Waals surface area contributed by atoms with Crippen molar-refractivity contribution >= 4 is 17.9 Å². The monoisotopic (exact) mass is 995 g/mol. The zero-order valence-electron chi connectivity index (χ0n) is 46.4. The highest BCUT2D eigenvalue weighted by molar-refractivity contribution is 5.72. The Labute approximate surface area is 443 Å². The summed E-state index contributed by atoms with van der Waals surface area (Å²) in [5.74, 6) is -1.07. The Morgan fingerprint density at radius 3 is 0.972 bits per heavy atom. The maximum Gasteiger partial charge on any atom is 0.309 e. The first-order valence-electron chi connectivity index (χ1n) is 29.2. The average Bonchev–Trinajstić information content (AvgIpc) is 3.38. The molecule has 0 radical (unpaired) electrons. The van der Waals surface area contributed by atoms with Gasteiger partial charge in [0.2, 0.25) is 0 Å². The molecule has 0 aromatic carbocycles. The van der Waals surface area contributed by atoms with Gasteiger partial charge in [-0.05, 0) is 116 Å². The van der Waals surface area contributed by atoms with Crippen LogP contribution >= 0.6 is 0 Å². The highest BCUT2D eigenvalue weighted by atomic mass is 16.6. The topological polar surface area (TPSA) is 78.9 Å². The van der Waals surface area contributed by atoms with Crippen LogP contribution in [0, 0.1) is 0 Å². The van der Waals surface area contributed by atoms with Crippen molar-refractivity contribution in [3.63, 3.8) is 0 Å². The molecule has 0 fully saturated rings. The number of ether oxygens (including phenoxy) is 3. The highest BCUT2D eigenvalue weighted by Gasteiger charge is 2.19. The van der Waals surface area contributed by atoms with E-state index in [0.717, 1.165) is 122 Å². The van der Waals surface area contributed by atoms with Gasteiger partial charge in [-0.2, -0.15) is 0 Å². The van der Waals surface area contributed by atoms with E-state index >= 15 is 0 Å². The van der Waals surface area contributed by atoms with Gasteiger partial charge in [0, 0.05) is 12.8 Å². The second-order valence-corrected chi connectivity index (χ2v) is 18.8. The molecule has 0 amide bonds. The van der Waals surface area contributed by atoms with Gasteiger partial charge < -0.3 is 14.2 Å². The highest BCUT2D eigenvalue weighted by Crippen LogP contribution is 2.14. The van der Waals surface area contributed by atoms with Crippen LogP contribution in [0.25, 0.3) is 0 Å². The van der Waals surface area contributed by atoms with Crippen molar-refractivity contribution in [1.82, 2.24) is 0 Å². The first kappa shape index (κ1) is 67.5. The summed E-state index contributed by atoms with van der Waals surface area (Å²) in [6.45, 7) is 6.29. The third-order valence-electron chi connectivity index (χ3n) is 11.9. The van der Waals surface area contributed by atoms with Crippen molar-refractivity contribution in [1.29, 1.82) is 0 Å². The first-order valence-corrected chi connectivity index (χ1v) is 29.2. The number of carbonyl (C=O) groups is 3. The standard InChI is InChI=1S/C66H106O6/c1-4-7-10-13-16-19-22-25-28-30-31-32-33-34-35-36-39-41-44-47-50-53-56-59-65(68)71-62-63(61-70-64(67)58-55-52-49-46-43-40-37-27-24-21-18-15-12-9-6-3)72-66(69)60-57-54-51-48-45-42-38-29-26-23-20-17-14-11-8-5-2/h7,9-10,12,16,18-21,23,25,27-29,31-32,37-38,43,46,52,55,63H,4-6,8,11,13-15,17,22,24,26,30,33-36,39-42,44-45,47-51,53-54,56-62H2,1-3H3/b10-7-,12-9-,19-16-,21-18-,23-20-,28-25-,32-31-,37-27-,38-29-,46-43-,55-52-. The predicted octanol–water partition coefficient (Wildman–Crippen LogP) is 19.8. The lowest BCUT2D eigenvalue weighted by Crippen LogP contribution is -2.30. The molecule has 1 unspecified atom stereocenters. The lowest BCUT2D eigenvalue weighted by molar-refractivity contribution is -0.166. The molecule has 0 spiro atoms. The molecule has 0 saturated carbocycles. The lowest BCUT2D eigenvalue weighted by atomic mass is 10.1. The SMILES string of the molecule is CC/C=C\C/C=C\C/C=C\C/C=C\C/C=C\CC(=O)OCC(COC(=O)CCCCCCCCCCCC/C=C\C/C=C\C/C=C\C/C=C\CC)OC(=O)CCCCCCC/C=C\C/C=C\CCCCCC. The molecule has 1 atom stereocenters. The largest absolute Gasteiger partial charge is 0.462 e. The number of carbonyl (C=O) groups excluding carboxylic acids is 3. The number of allylic oxidation sites excluding steroid dienone is 21. The maximum absolute atomic E-state index is 12.9. The fourth-order valence-corrected chi connectivity index (χ4v) is 7.59. The van der Waals surface area contributed by atoms with Crippen molar-refractivity contribution in [3.8, 4) is 0 Å². The van der Waals surface area contributed by atoms with E-state index in [2.05, 4.69) is 142 Å². The summed E-state index contributed by atoms with van der Waals surface area (Å²) in [5, 5.41) is 0. The van der Waals surface area contributed by atoms with Crippen LogP contribution in [0.5, 0.6) is 0 Å². The van der Waals surface area contributed by atoms with E-state index < -0.39 is 12.1 Å². The molecule has 0 aliphatic rings. The fourth-order valence-electron chi connectivity index (χ4n) is 7.59. The molecule has 406 valence electrons. The third kappa shape index (κ3) is 56.5. The van der Waals surface area contributed by atoms with E-state index in [1.54, 1.807) is 6.08 Å². The van der Waals surface area contributed by atoms with Crippen LogP contribution in [0.15, 0.2) is 134 Å². The van der Waals surface area contributed by atoms with E-state index in [1.807, 2.05) is 6.08 Å². The summed E-state index contributed by atoms with van der Waals surface area (Å²) >= 11 is 0. The van der Waals surface area contributed by atoms with Gasteiger partial charge in [-0.1, -0.05) is 244 Å². The molecule has 0 aromatic rings. The summed E-state index contributed by atoms with van der Waals surface area (Å²) in [7, 11) is 0. The Hall–Kier alpha value is -4.45. The number of unbranched alkanes of at least 4 members (excludes halogenated alkanes) is 19. The number of hydrogen-bond donors (Lipinski definition) is 0. The van der Waals surface area contributed by atoms with E-state index in [1.165, 1.54) is 83.5 Å². The second kappa shape index (κ2) is 59.1. The van der Waals surface area contributed by atoms with Crippen LogP contribution in [-0.2, 0) is 28.6 Å². The van der Waals surface area contributed by atoms with Crippen LogP contribution in [0.4, 0.5) is 0 Å². The Bertz CT molecular complexity index is 1560. The summed E-state index contributed by atoms with van der Waals surface area (Å²) in [6, 6.07) is 0. The van der Waals surface area contributed by atoms with E-state index in [4.69, 9.17) is 14.2 Å². The van der Waals surface area contributed by atoms with Gasteiger partial charge in [0.25, 0.3) is 0 Å². The summed E-state index contributed by atoms with van der Waals surface area (Å²) < 4.78 is 16.8. The molecule has 0 rings (SSSR count). The van der Waals surface area contributed by atoms with Gasteiger partial charge >= 0.3 is 17.9 Å². The molecule has 72 heavy (non-hydrogen) atoms. The number of esters is 3. The van der Waals surface area contributed by atoms with E-state index in [9.17, 15) is 14.4 Å². The minimum absolute atomic E-state index is 0.118. The summed E-state index contributed by atoms with van der Waals surface area (Å²) in [5.41, 5.74) is 0. The molecule has 0 heterocycles. The fraction of sp³-hybridized carbons (Fsp3) is 0.621. The van der Waals surface area contributed by atoms with E-state index in [-0.39, 0.29) is 38.0 Å². The van der Waals surface area contributed by atoms with Crippen LogP contribution < -0.4 is 0 Å². The van der Waals surface area contributed by atoms with Crippen LogP contribution in [0.2, 0.25) is 0 Å². The first-order chi connectivity index (χ1) is 35.5. The maximum atomic E-state index is 12.9. The molecule has 0 aromatic heterocycles. The van der Waals surface area contributed by atoms with Gasteiger partial charge in [0.1, 0.15) is 13.2 Å². The van der Waals surface area contributed by atoms with E-state index in [0.29, 0.717) is 6.42 Å². The van der Waals surface area contributed by atoms with Crippen molar-refractivity contribution in [2.75, 3.05) is 13.2 Å². The normalized spacial score (nSPS) is 13.1. The Morgan fingerprint density at radius 2 is 0.597 bits per heavy atom. The predicted molar refractivity (Wildman–Crippen MR) is 311 cm³/mol. The molecule has 6 heteroatoms. The minimum Gasteiger partial charge on any atom is -0.462 e. The molecule has 0 N–H and O–H groups in total. The zero-order valence-corrected chi connectivity index (χ0v) is 46.4. The lowest BCUT2D eigenvalue weighted by Gasteiger charge is -2.18. The Balaban J connectivity index is 4.48. The van der Waals surface area contributed by atoms with Gasteiger partial charge in [-0.25, -0.2) is 0 Å². The number of rotatable bonds is 51. The zero-order chi connectivity index (χ0) is 52.2. The molecule has 6 nitrogen and oxygen atoms in total. The quantitative estimate of drug-likeness (QED) is 0.0261. The van der Waals surface area contributed by atoms with Crippen molar-refractivity contribution in [3.05, 3.63) is 134 Å². The van der Waals surface area contributed by atoms with Gasteiger partial charge in [-0.3, -0.25) is 14.4 Å². The van der Waals surface area contributed by atoms with Crippen LogP contribution in [-0.4, -0.2) is 37.2 Å². The average molecular weight is 996 g/mol. The molecule has 0 aliphatic heterocycles. The molecule has 0 aliphatic carbocycles. The summed E-state index contributed by atoms with van der Waals surface area (Å²) in [4.78, 5) is 38.1. The van der Waals surface area contributed by atoms with Crippen molar-refractivity contribution in [2.45, 2.75) is 252 Å². The molecule has 0 saturated heterocycles. The smallest absolute Gasteiger partial charge is 0.309 e. The summed E-state index contributed by atoms with van der Waals surface area (Å²) in [6.07, 6.45) is 83.2. The Morgan fingerprint density at radius 1 is 0.306 bits per heavy atom. The molecule has 0 bridgehead atoms. The second-order valence-electron chi connectivity index (χ2n) is 18.8. The Kier molecular flexibility index (Phi) is 55.5. The van der Waals surface area contributed by atoms with Gasteiger partial charge in [0.15, 0.2) is 6.10 Å².